The summed E-state index contributed by atoms with van der Waals surface area (Å²) in [5, 5.41) is 21.5. The van der Waals surface area contributed by atoms with E-state index in [1.807, 2.05) is 30.0 Å². The number of hydrogen-bond donors (Lipinski definition) is 1. The molecule has 1 N–H and O–H groups in total. The molecule has 24 heavy (non-hydrogen) atoms. The van der Waals surface area contributed by atoms with E-state index in [0.717, 1.165) is 6.42 Å². The Morgan fingerprint density at radius 3 is 2.83 bits per heavy atom. The summed E-state index contributed by atoms with van der Waals surface area (Å²) in [5.41, 5.74) is 1.19. The monoisotopic (exact) mass is 329 g/mol. The molecular weight excluding hydrogens is 306 g/mol. The first kappa shape index (κ1) is 16.6. The van der Waals surface area contributed by atoms with Crippen molar-refractivity contribution in [1.29, 1.82) is 0 Å². The maximum absolute atomic E-state index is 12.5. The Hall–Kier alpha value is -2.28. The number of carbonyl (C=O) groups excluding carboxylic acids is 1. The molecule has 2 aromatic rings. The molecule has 128 valence electrons. The van der Waals surface area contributed by atoms with E-state index < -0.39 is 0 Å². The normalized spacial score (nSPS) is 21.0. The maximum Gasteiger partial charge on any atom is 0.224 e. The summed E-state index contributed by atoms with van der Waals surface area (Å²) in [6, 6.07) is 10.1. The number of aryl methyl sites for hydroxylation is 2. The maximum atomic E-state index is 12.5. The molecule has 0 spiro atoms. The lowest BCUT2D eigenvalue weighted by Gasteiger charge is -2.36. The van der Waals surface area contributed by atoms with Crippen molar-refractivity contribution in [3.63, 3.8) is 0 Å². The summed E-state index contributed by atoms with van der Waals surface area (Å²) >= 11 is 0. The summed E-state index contributed by atoms with van der Waals surface area (Å²) in [5.74, 6) is 0.883. The van der Waals surface area contributed by atoms with Gasteiger partial charge in [0.05, 0.1) is 12.6 Å². The van der Waals surface area contributed by atoms with Crippen molar-refractivity contribution >= 4 is 5.91 Å². The molecule has 0 radical (unpaired) electrons. The lowest BCUT2D eigenvalue weighted by molar-refractivity contribution is -0.135. The van der Waals surface area contributed by atoms with E-state index in [-0.39, 0.29) is 17.9 Å². The molecule has 0 saturated carbocycles. The van der Waals surface area contributed by atoms with Gasteiger partial charge in [0.15, 0.2) is 0 Å². The fraction of sp³-hybridized carbons (Fsp3) is 0.529. The van der Waals surface area contributed by atoms with Crippen LogP contribution in [0.15, 0.2) is 30.3 Å². The molecule has 1 amide bonds. The number of likely N-dealkylation sites (tertiary alicyclic amines) is 1. The molecule has 0 unspecified atom stereocenters. The Kier molecular flexibility index (Phi) is 5.20. The molecule has 0 aliphatic carbocycles. The van der Waals surface area contributed by atoms with Crippen molar-refractivity contribution in [2.75, 3.05) is 13.1 Å². The molecule has 3 rings (SSSR count). The number of hydrogen-bond acceptors (Lipinski definition) is 5. The highest BCUT2D eigenvalue weighted by Gasteiger charge is 2.30. The van der Waals surface area contributed by atoms with Gasteiger partial charge in [-0.1, -0.05) is 30.3 Å². The highest BCUT2D eigenvalue weighted by molar-refractivity contribution is 5.76. The second-order valence-corrected chi connectivity index (χ2v) is 6.34. The molecule has 2 heterocycles. The third-order valence-electron chi connectivity index (χ3n) is 4.64. The first-order valence-electron chi connectivity index (χ1n) is 8.36. The van der Waals surface area contributed by atoms with Gasteiger partial charge in [0.2, 0.25) is 5.91 Å². The number of nitrogens with zero attached hydrogens (tertiary/aromatic N) is 5. The van der Waals surface area contributed by atoms with Gasteiger partial charge in [-0.15, -0.1) is 5.10 Å². The first-order chi connectivity index (χ1) is 11.6. The summed E-state index contributed by atoms with van der Waals surface area (Å²) in [6.07, 6.45) is 1.45. The zero-order valence-corrected chi connectivity index (χ0v) is 13.9. The summed E-state index contributed by atoms with van der Waals surface area (Å²) in [4.78, 5) is 14.3. The lowest BCUT2D eigenvalue weighted by Crippen LogP contribution is -2.46. The number of benzene rings is 1. The van der Waals surface area contributed by atoms with Crippen LogP contribution in [-0.2, 0) is 17.8 Å². The zero-order valence-electron chi connectivity index (χ0n) is 13.9. The Morgan fingerprint density at radius 2 is 2.12 bits per heavy atom. The molecular formula is C17H23N5O2. The molecule has 7 nitrogen and oxygen atoms in total. The van der Waals surface area contributed by atoms with Crippen molar-refractivity contribution in [3.05, 3.63) is 41.7 Å². The predicted octanol–water partition coefficient (Wildman–Crippen LogP) is 0.824. The zero-order chi connectivity index (χ0) is 16.9. The van der Waals surface area contributed by atoms with Gasteiger partial charge >= 0.3 is 0 Å². The number of aliphatic hydroxyl groups excluding tert-OH is 1. The van der Waals surface area contributed by atoms with E-state index in [1.54, 1.807) is 4.68 Å². The second-order valence-electron chi connectivity index (χ2n) is 6.34. The average Bonchev–Trinajstić information content (AvgIpc) is 3.00. The van der Waals surface area contributed by atoms with Crippen LogP contribution in [0, 0.1) is 12.8 Å². The van der Waals surface area contributed by atoms with Gasteiger partial charge < -0.3 is 10.0 Å². The number of carbonyl (C=O) groups is 1. The topological polar surface area (TPSA) is 84.1 Å². The minimum absolute atomic E-state index is 0.0832. The highest BCUT2D eigenvalue weighted by atomic mass is 16.3. The lowest BCUT2D eigenvalue weighted by atomic mass is 9.88. The summed E-state index contributed by atoms with van der Waals surface area (Å²) in [6.45, 7) is 3.51. The number of aliphatic hydroxyl groups is 1. The predicted molar refractivity (Wildman–Crippen MR) is 88.0 cm³/mol. The molecule has 1 aliphatic rings. The number of piperidine rings is 1. The molecule has 1 aromatic heterocycles. The minimum Gasteiger partial charge on any atom is -0.393 e. The van der Waals surface area contributed by atoms with Crippen LogP contribution in [0.5, 0.6) is 0 Å². The van der Waals surface area contributed by atoms with Gasteiger partial charge in [-0.25, -0.2) is 4.68 Å². The van der Waals surface area contributed by atoms with Crippen LogP contribution in [0.1, 0.15) is 24.2 Å². The largest absolute Gasteiger partial charge is 0.393 e. The third-order valence-corrected chi connectivity index (χ3v) is 4.64. The first-order valence-corrected chi connectivity index (χ1v) is 8.36. The van der Waals surface area contributed by atoms with Crippen LogP contribution < -0.4 is 0 Å². The van der Waals surface area contributed by atoms with E-state index in [9.17, 15) is 9.90 Å². The second kappa shape index (κ2) is 7.53. The van der Waals surface area contributed by atoms with E-state index in [1.165, 1.54) is 5.56 Å². The highest BCUT2D eigenvalue weighted by Crippen LogP contribution is 2.22. The Labute approximate surface area is 141 Å². The smallest absolute Gasteiger partial charge is 0.224 e. The molecule has 0 bridgehead atoms. The van der Waals surface area contributed by atoms with Crippen LogP contribution in [-0.4, -0.2) is 55.3 Å². The molecule has 2 atom stereocenters. The van der Waals surface area contributed by atoms with E-state index in [4.69, 9.17) is 0 Å². The average molecular weight is 329 g/mol. The van der Waals surface area contributed by atoms with Crippen LogP contribution in [0.2, 0.25) is 0 Å². The van der Waals surface area contributed by atoms with Crippen LogP contribution >= 0.6 is 0 Å². The molecule has 1 saturated heterocycles. The van der Waals surface area contributed by atoms with Gasteiger partial charge in [0, 0.05) is 25.4 Å². The molecule has 1 aliphatic heterocycles. The van der Waals surface area contributed by atoms with Crippen molar-refractivity contribution in [2.45, 2.75) is 38.8 Å². The van der Waals surface area contributed by atoms with E-state index >= 15 is 0 Å². The van der Waals surface area contributed by atoms with Gasteiger partial charge in [-0.05, 0) is 35.8 Å². The fourth-order valence-corrected chi connectivity index (χ4v) is 3.18. The minimum atomic E-state index is -0.351. The SMILES string of the molecule is Cc1nnnn1CCC(=O)N1CC[C@@H](O)[C@H](Cc2ccccc2)C1. The number of tetrazole rings is 1. The van der Waals surface area contributed by atoms with Crippen LogP contribution in [0.4, 0.5) is 0 Å². The van der Waals surface area contributed by atoms with Crippen LogP contribution in [0.25, 0.3) is 0 Å². The van der Waals surface area contributed by atoms with Crippen molar-refractivity contribution in [3.8, 4) is 0 Å². The molecule has 1 aromatic carbocycles. The van der Waals surface area contributed by atoms with Crippen molar-refractivity contribution in [1.82, 2.24) is 25.1 Å². The summed E-state index contributed by atoms with van der Waals surface area (Å²) < 4.78 is 1.64. The van der Waals surface area contributed by atoms with Gasteiger partial charge in [-0.3, -0.25) is 4.79 Å². The quantitative estimate of drug-likeness (QED) is 0.878. The van der Waals surface area contributed by atoms with E-state index in [2.05, 4.69) is 27.7 Å². The standard InChI is InChI=1S/C17H23N5O2/c1-13-18-19-20-22(13)10-8-17(24)21-9-7-16(23)15(12-21)11-14-5-3-2-4-6-14/h2-6,15-16,23H,7-12H2,1H3/t15-,16-/m1/s1. The Bertz CT molecular complexity index is 673. The fourth-order valence-electron chi connectivity index (χ4n) is 3.18. The number of aromatic nitrogens is 4. The van der Waals surface area contributed by atoms with Crippen molar-refractivity contribution < 1.29 is 9.90 Å². The molecule has 7 heteroatoms. The number of rotatable bonds is 5. The Balaban J connectivity index is 1.56. The third kappa shape index (κ3) is 3.97. The Morgan fingerprint density at radius 1 is 1.33 bits per heavy atom. The van der Waals surface area contributed by atoms with Gasteiger partial charge in [0.1, 0.15) is 5.82 Å². The molecule has 1 fully saturated rings. The number of amides is 1. The van der Waals surface area contributed by atoms with Gasteiger partial charge in [-0.2, -0.15) is 0 Å². The van der Waals surface area contributed by atoms with Crippen molar-refractivity contribution in [2.24, 2.45) is 5.92 Å². The van der Waals surface area contributed by atoms with E-state index in [0.29, 0.717) is 38.3 Å². The van der Waals surface area contributed by atoms with Crippen LogP contribution in [0.3, 0.4) is 0 Å². The van der Waals surface area contributed by atoms with Gasteiger partial charge in [0.25, 0.3) is 0 Å². The summed E-state index contributed by atoms with van der Waals surface area (Å²) in [7, 11) is 0.